The van der Waals surface area contributed by atoms with Gasteiger partial charge in [0.15, 0.2) is 0 Å². The van der Waals surface area contributed by atoms with Crippen LogP contribution in [0.2, 0.25) is 0 Å². The molecular weight excluding hydrogens is 252 g/mol. The summed E-state index contributed by atoms with van der Waals surface area (Å²) >= 11 is 0. The Bertz CT molecular complexity index is 477. The summed E-state index contributed by atoms with van der Waals surface area (Å²) in [6, 6.07) is 6.06. The van der Waals surface area contributed by atoms with E-state index in [0.29, 0.717) is 19.1 Å². The lowest BCUT2D eigenvalue weighted by molar-refractivity contribution is -0.126. The van der Waals surface area contributed by atoms with Crippen molar-refractivity contribution >= 4 is 5.91 Å². The lowest BCUT2D eigenvalue weighted by Gasteiger charge is -2.31. The van der Waals surface area contributed by atoms with E-state index in [1.54, 1.807) is 0 Å². The number of amides is 1. The molecule has 2 rings (SSSR count). The third-order valence-electron chi connectivity index (χ3n) is 3.87. The topological polar surface area (TPSA) is 64.3 Å². The van der Waals surface area contributed by atoms with E-state index < -0.39 is 5.54 Å². The number of likely N-dealkylation sites (N-methyl/N-ethyl adjacent to an activating group) is 1. The van der Waals surface area contributed by atoms with Crippen LogP contribution in [0, 0.1) is 19.8 Å². The number of nitrogens with one attached hydrogen (secondary N) is 1. The van der Waals surface area contributed by atoms with Crippen molar-refractivity contribution in [1.29, 1.82) is 0 Å². The molecule has 0 aromatic heterocycles. The third-order valence-corrected chi connectivity index (χ3v) is 3.87. The molecule has 4 nitrogen and oxygen atoms in total. The summed E-state index contributed by atoms with van der Waals surface area (Å²) in [4.78, 5) is 11.9. The highest BCUT2D eigenvalue weighted by molar-refractivity contribution is 5.85. The van der Waals surface area contributed by atoms with E-state index in [2.05, 4.69) is 11.4 Å². The van der Waals surface area contributed by atoms with E-state index in [-0.39, 0.29) is 5.91 Å². The van der Waals surface area contributed by atoms with Crippen molar-refractivity contribution in [3.05, 3.63) is 29.3 Å². The highest BCUT2D eigenvalue weighted by atomic mass is 16.5. The summed E-state index contributed by atoms with van der Waals surface area (Å²) in [5.74, 6) is 0.781. The molecule has 1 fully saturated rings. The van der Waals surface area contributed by atoms with Crippen LogP contribution in [0.5, 0.6) is 5.75 Å². The first kappa shape index (κ1) is 14.9. The molecule has 1 aliphatic rings. The Balaban J connectivity index is 2.14. The van der Waals surface area contributed by atoms with Gasteiger partial charge >= 0.3 is 0 Å². The lowest BCUT2D eigenvalue weighted by Crippen LogP contribution is -2.61. The van der Waals surface area contributed by atoms with Gasteiger partial charge in [-0.15, -0.1) is 0 Å². The second-order valence-electron chi connectivity index (χ2n) is 5.75. The van der Waals surface area contributed by atoms with Crippen molar-refractivity contribution in [3.8, 4) is 5.75 Å². The van der Waals surface area contributed by atoms with Crippen LogP contribution in [0.15, 0.2) is 18.2 Å². The number of ether oxygens (including phenoxy) is 1. The zero-order valence-electron chi connectivity index (χ0n) is 12.5. The van der Waals surface area contributed by atoms with Crippen molar-refractivity contribution in [2.75, 3.05) is 13.2 Å². The number of primary amides is 1. The molecule has 0 bridgehead atoms. The van der Waals surface area contributed by atoms with Crippen LogP contribution < -0.4 is 15.8 Å². The van der Waals surface area contributed by atoms with Crippen molar-refractivity contribution < 1.29 is 9.53 Å². The number of nitrogens with two attached hydrogens (primary N) is 1. The van der Waals surface area contributed by atoms with E-state index in [0.717, 1.165) is 29.7 Å². The minimum Gasteiger partial charge on any atom is -0.491 e. The minimum absolute atomic E-state index is 0.295. The molecule has 4 heteroatoms. The first-order valence-electron chi connectivity index (χ1n) is 7.24. The maximum Gasteiger partial charge on any atom is 0.241 e. The highest BCUT2D eigenvalue weighted by Crippen LogP contribution is 2.40. The van der Waals surface area contributed by atoms with Crippen LogP contribution >= 0.6 is 0 Å². The summed E-state index contributed by atoms with van der Waals surface area (Å²) < 4.78 is 5.88. The standard InChI is InChI=1S/C16H24N2O2/c1-4-18-16(15(17)19,13-5-6-13)10-20-14-8-11(2)7-12(3)9-14/h7-9,13,18H,4-6,10H2,1-3H3,(H2,17,19). The monoisotopic (exact) mass is 276 g/mol. The van der Waals surface area contributed by atoms with Gasteiger partial charge in [-0.05, 0) is 62.4 Å². The normalized spacial score (nSPS) is 17.6. The molecule has 1 unspecified atom stereocenters. The van der Waals surface area contributed by atoms with Crippen LogP contribution in [-0.2, 0) is 4.79 Å². The minimum atomic E-state index is -0.730. The molecule has 1 atom stereocenters. The summed E-state index contributed by atoms with van der Waals surface area (Å²) in [6.45, 7) is 7.05. The number of benzene rings is 1. The molecule has 3 N–H and O–H groups in total. The Hall–Kier alpha value is -1.55. The summed E-state index contributed by atoms with van der Waals surface area (Å²) in [5, 5.41) is 3.26. The number of rotatable bonds is 7. The molecule has 0 spiro atoms. The Morgan fingerprint density at radius 3 is 2.40 bits per heavy atom. The van der Waals surface area contributed by atoms with Crippen LogP contribution in [0.4, 0.5) is 0 Å². The maximum atomic E-state index is 11.9. The number of carbonyl (C=O) groups is 1. The molecule has 1 aromatic carbocycles. The predicted molar refractivity (Wildman–Crippen MR) is 79.7 cm³/mol. The third kappa shape index (κ3) is 3.12. The smallest absolute Gasteiger partial charge is 0.241 e. The number of hydrogen-bond donors (Lipinski definition) is 2. The second-order valence-corrected chi connectivity index (χ2v) is 5.75. The van der Waals surface area contributed by atoms with Gasteiger partial charge in [-0.3, -0.25) is 4.79 Å². The Morgan fingerprint density at radius 2 is 1.95 bits per heavy atom. The van der Waals surface area contributed by atoms with Gasteiger partial charge in [0.2, 0.25) is 5.91 Å². The summed E-state index contributed by atoms with van der Waals surface area (Å²) in [7, 11) is 0. The fraction of sp³-hybridized carbons (Fsp3) is 0.562. The van der Waals surface area contributed by atoms with Crippen molar-refractivity contribution in [1.82, 2.24) is 5.32 Å². The molecule has 0 saturated heterocycles. The fourth-order valence-corrected chi connectivity index (χ4v) is 2.78. The first-order chi connectivity index (χ1) is 9.48. The average Bonchev–Trinajstić information content (AvgIpc) is 3.17. The van der Waals surface area contributed by atoms with Gasteiger partial charge in [0.1, 0.15) is 17.9 Å². The first-order valence-corrected chi connectivity index (χ1v) is 7.24. The van der Waals surface area contributed by atoms with Gasteiger partial charge in [0.05, 0.1) is 0 Å². The van der Waals surface area contributed by atoms with Crippen LogP contribution in [0.3, 0.4) is 0 Å². The van der Waals surface area contributed by atoms with Crippen LogP contribution in [0.1, 0.15) is 30.9 Å². The lowest BCUT2D eigenvalue weighted by atomic mass is 9.93. The Labute approximate surface area is 120 Å². The molecular formula is C16H24N2O2. The summed E-state index contributed by atoms with van der Waals surface area (Å²) in [5.41, 5.74) is 7.22. The molecule has 1 amide bonds. The zero-order chi connectivity index (χ0) is 14.8. The maximum absolute atomic E-state index is 11.9. The van der Waals surface area contributed by atoms with E-state index in [9.17, 15) is 4.79 Å². The fourth-order valence-electron chi connectivity index (χ4n) is 2.78. The van der Waals surface area contributed by atoms with E-state index >= 15 is 0 Å². The average molecular weight is 276 g/mol. The molecule has 0 heterocycles. The Morgan fingerprint density at radius 1 is 1.35 bits per heavy atom. The predicted octanol–water partition coefficient (Wildman–Crippen LogP) is 1.93. The van der Waals surface area contributed by atoms with Gasteiger partial charge < -0.3 is 15.8 Å². The van der Waals surface area contributed by atoms with Gasteiger partial charge in [-0.25, -0.2) is 0 Å². The van der Waals surface area contributed by atoms with E-state index in [1.807, 2.05) is 32.9 Å². The van der Waals surface area contributed by atoms with Crippen molar-refractivity contribution in [2.45, 2.75) is 39.2 Å². The molecule has 1 aromatic rings. The number of carbonyl (C=O) groups excluding carboxylic acids is 1. The Kier molecular flexibility index (Phi) is 4.33. The number of hydrogen-bond acceptors (Lipinski definition) is 3. The van der Waals surface area contributed by atoms with Gasteiger partial charge in [-0.2, -0.15) is 0 Å². The van der Waals surface area contributed by atoms with Crippen molar-refractivity contribution in [2.24, 2.45) is 11.7 Å². The van der Waals surface area contributed by atoms with E-state index in [4.69, 9.17) is 10.5 Å². The summed E-state index contributed by atoms with van der Waals surface area (Å²) in [6.07, 6.45) is 2.07. The van der Waals surface area contributed by atoms with Gasteiger partial charge in [0, 0.05) is 0 Å². The quantitative estimate of drug-likeness (QED) is 0.799. The molecule has 0 radical (unpaired) electrons. The molecule has 0 aliphatic heterocycles. The molecule has 1 saturated carbocycles. The highest BCUT2D eigenvalue weighted by Gasteiger charge is 2.50. The van der Waals surface area contributed by atoms with Crippen LogP contribution in [-0.4, -0.2) is 24.6 Å². The zero-order valence-corrected chi connectivity index (χ0v) is 12.5. The second kappa shape index (κ2) is 5.83. The van der Waals surface area contributed by atoms with Gasteiger partial charge in [-0.1, -0.05) is 13.0 Å². The SMILES string of the molecule is CCNC(COc1cc(C)cc(C)c1)(C(N)=O)C1CC1. The number of aryl methyl sites for hydroxylation is 2. The van der Waals surface area contributed by atoms with E-state index in [1.165, 1.54) is 0 Å². The molecule has 1 aliphatic carbocycles. The van der Waals surface area contributed by atoms with Crippen LogP contribution in [0.25, 0.3) is 0 Å². The van der Waals surface area contributed by atoms with Crippen molar-refractivity contribution in [3.63, 3.8) is 0 Å². The molecule has 20 heavy (non-hydrogen) atoms. The van der Waals surface area contributed by atoms with Gasteiger partial charge in [0.25, 0.3) is 0 Å². The largest absolute Gasteiger partial charge is 0.491 e. The molecule has 110 valence electrons.